The molecule has 1 aliphatic rings. The minimum atomic E-state index is -0.270. The van der Waals surface area contributed by atoms with E-state index < -0.39 is 0 Å². The van der Waals surface area contributed by atoms with Crippen LogP contribution in [0.4, 0.5) is 0 Å². The van der Waals surface area contributed by atoms with Crippen molar-refractivity contribution in [2.24, 2.45) is 5.92 Å². The Kier molecular flexibility index (Phi) is 3.83. The molecule has 1 aromatic carbocycles. The number of fused-ring (bicyclic) bond motifs is 1. The zero-order chi connectivity index (χ0) is 13.0. The molecule has 0 fully saturated rings. The first-order chi connectivity index (χ1) is 8.70. The van der Waals surface area contributed by atoms with Gasteiger partial charge in [-0.05, 0) is 25.1 Å². The molecule has 1 heterocycles. The number of hydrogen-bond donors (Lipinski definition) is 0. The van der Waals surface area contributed by atoms with Crippen molar-refractivity contribution in [3.63, 3.8) is 0 Å². The lowest BCUT2D eigenvalue weighted by Gasteiger charge is -2.09. The van der Waals surface area contributed by atoms with Crippen molar-refractivity contribution in [1.82, 2.24) is 0 Å². The van der Waals surface area contributed by atoms with Crippen LogP contribution in [0.1, 0.15) is 30.1 Å². The molecule has 1 atom stereocenters. The van der Waals surface area contributed by atoms with Gasteiger partial charge >= 0.3 is 0 Å². The molecule has 0 spiro atoms. The molecule has 1 unspecified atom stereocenters. The fraction of sp³-hybridized carbons (Fsp3) is 0.429. The van der Waals surface area contributed by atoms with E-state index in [1.807, 2.05) is 0 Å². The largest absolute Gasteiger partial charge is 0.490 e. The van der Waals surface area contributed by atoms with Gasteiger partial charge in [0.25, 0.3) is 0 Å². The maximum absolute atomic E-state index is 11.9. The van der Waals surface area contributed by atoms with Crippen LogP contribution in [0.25, 0.3) is 0 Å². The summed E-state index contributed by atoms with van der Waals surface area (Å²) in [4.78, 5) is 11.9. The Morgan fingerprint density at radius 1 is 1.39 bits per heavy atom. The van der Waals surface area contributed by atoms with Crippen LogP contribution in [0, 0.1) is 17.2 Å². The zero-order valence-electron chi connectivity index (χ0n) is 10.3. The van der Waals surface area contributed by atoms with E-state index >= 15 is 0 Å². The summed E-state index contributed by atoms with van der Waals surface area (Å²) in [6.07, 6.45) is 1.07. The molecule has 0 radical (unpaired) electrons. The molecule has 4 heteroatoms. The number of rotatable bonds is 3. The molecule has 18 heavy (non-hydrogen) atoms. The van der Waals surface area contributed by atoms with Crippen molar-refractivity contribution < 1.29 is 14.3 Å². The van der Waals surface area contributed by atoms with Gasteiger partial charge in [-0.1, -0.05) is 0 Å². The van der Waals surface area contributed by atoms with E-state index in [-0.39, 0.29) is 18.1 Å². The average Bonchev–Trinajstić information content (AvgIpc) is 2.62. The molecule has 0 amide bonds. The Morgan fingerprint density at radius 3 is 2.83 bits per heavy atom. The number of nitrogens with zero attached hydrogens (tertiary/aromatic N) is 1. The van der Waals surface area contributed by atoms with Gasteiger partial charge in [0.2, 0.25) is 0 Å². The summed E-state index contributed by atoms with van der Waals surface area (Å²) in [6, 6.07) is 7.24. The van der Waals surface area contributed by atoms with Crippen molar-refractivity contribution in [3.8, 4) is 17.6 Å². The summed E-state index contributed by atoms with van der Waals surface area (Å²) in [5.41, 5.74) is 0.571. The second-order valence-electron chi connectivity index (χ2n) is 4.37. The molecule has 0 saturated carbocycles. The molecule has 4 nitrogen and oxygen atoms in total. The predicted molar refractivity (Wildman–Crippen MR) is 65.8 cm³/mol. The summed E-state index contributed by atoms with van der Waals surface area (Å²) < 4.78 is 11.0. The van der Waals surface area contributed by atoms with Gasteiger partial charge < -0.3 is 9.47 Å². The van der Waals surface area contributed by atoms with Crippen LogP contribution in [0.5, 0.6) is 11.5 Å². The Balaban J connectivity index is 2.18. The Labute approximate surface area is 106 Å². The van der Waals surface area contributed by atoms with Crippen LogP contribution < -0.4 is 9.47 Å². The van der Waals surface area contributed by atoms with Crippen LogP contribution in [-0.4, -0.2) is 19.0 Å². The van der Waals surface area contributed by atoms with Gasteiger partial charge in [0, 0.05) is 18.4 Å². The van der Waals surface area contributed by atoms with E-state index in [9.17, 15) is 4.79 Å². The molecule has 0 aromatic heterocycles. The van der Waals surface area contributed by atoms with Crippen molar-refractivity contribution >= 4 is 5.78 Å². The fourth-order valence-electron chi connectivity index (χ4n) is 1.78. The van der Waals surface area contributed by atoms with Crippen molar-refractivity contribution in [3.05, 3.63) is 23.8 Å². The monoisotopic (exact) mass is 245 g/mol. The lowest BCUT2D eigenvalue weighted by molar-refractivity contribution is 0.0972. The Morgan fingerprint density at radius 2 is 2.11 bits per heavy atom. The van der Waals surface area contributed by atoms with Crippen molar-refractivity contribution in [1.29, 1.82) is 5.26 Å². The number of Topliss-reactive ketones (excluding diaryl/α,β-unsaturated/α-hetero) is 1. The zero-order valence-corrected chi connectivity index (χ0v) is 10.3. The summed E-state index contributed by atoms with van der Waals surface area (Å²) in [5, 5.41) is 8.71. The summed E-state index contributed by atoms with van der Waals surface area (Å²) in [7, 11) is 0. The van der Waals surface area contributed by atoms with Gasteiger partial charge in [0.1, 0.15) is 0 Å². The average molecular weight is 245 g/mol. The molecule has 2 rings (SSSR count). The molecule has 1 aromatic rings. The van der Waals surface area contributed by atoms with E-state index in [0.29, 0.717) is 30.3 Å². The third-order valence-electron chi connectivity index (χ3n) is 2.78. The van der Waals surface area contributed by atoms with Gasteiger partial charge in [-0.25, -0.2) is 0 Å². The quantitative estimate of drug-likeness (QED) is 0.768. The van der Waals surface area contributed by atoms with E-state index in [2.05, 4.69) is 6.07 Å². The minimum Gasteiger partial charge on any atom is -0.490 e. The van der Waals surface area contributed by atoms with Gasteiger partial charge in [-0.2, -0.15) is 5.26 Å². The van der Waals surface area contributed by atoms with Crippen molar-refractivity contribution in [2.45, 2.75) is 19.8 Å². The molecule has 0 aliphatic carbocycles. The van der Waals surface area contributed by atoms with E-state index in [1.165, 1.54) is 0 Å². The second kappa shape index (κ2) is 5.54. The maximum Gasteiger partial charge on any atom is 0.164 e. The molecule has 0 saturated heterocycles. The van der Waals surface area contributed by atoms with Crippen LogP contribution in [0.2, 0.25) is 0 Å². The molecule has 1 aliphatic heterocycles. The fourth-order valence-corrected chi connectivity index (χ4v) is 1.78. The number of benzene rings is 1. The van der Waals surface area contributed by atoms with Crippen LogP contribution in [-0.2, 0) is 0 Å². The summed E-state index contributed by atoms with van der Waals surface area (Å²) >= 11 is 0. The highest BCUT2D eigenvalue weighted by molar-refractivity contribution is 5.97. The lowest BCUT2D eigenvalue weighted by atomic mass is 10.0. The van der Waals surface area contributed by atoms with Crippen LogP contribution in [0.15, 0.2) is 18.2 Å². The lowest BCUT2D eigenvalue weighted by Crippen LogP contribution is -2.05. The number of ketones is 1. The second-order valence-corrected chi connectivity index (χ2v) is 4.37. The molecular weight excluding hydrogens is 230 g/mol. The summed E-state index contributed by atoms with van der Waals surface area (Å²) in [6.45, 7) is 2.96. The SMILES string of the molecule is CC(C#N)CC(=O)c1ccc2c(c1)OCCCO2. The predicted octanol–water partition coefficient (Wildman–Crippen LogP) is 2.58. The number of carbonyl (C=O) groups is 1. The topological polar surface area (TPSA) is 59.3 Å². The standard InChI is InChI=1S/C14H15NO3/c1-10(9-15)7-12(16)11-3-4-13-14(8-11)18-6-2-5-17-13/h3-4,8,10H,2,5-7H2,1H3. The number of hydrogen-bond acceptors (Lipinski definition) is 4. The van der Waals surface area contributed by atoms with E-state index in [0.717, 1.165) is 6.42 Å². The highest BCUT2D eigenvalue weighted by Crippen LogP contribution is 2.30. The Hall–Kier alpha value is -2.02. The van der Waals surface area contributed by atoms with Gasteiger partial charge in [-0.15, -0.1) is 0 Å². The van der Waals surface area contributed by atoms with Gasteiger partial charge in [-0.3, -0.25) is 4.79 Å². The van der Waals surface area contributed by atoms with Gasteiger partial charge in [0.15, 0.2) is 17.3 Å². The maximum atomic E-state index is 11.9. The minimum absolute atomic E-state index is 0.0419. The smallest absolute Gasteiger partial charge is 0.164 e. The molecule has 0 bridgehead atoms. The van der Waals surface area contributed by atoms with Crippen LogP contribution >= 0.6 is 0 Å². The number of carbonyl (C=O) groups excluding carboxylic acids is 1. The number of nitriles is 1. The Bertz CT molecular complexity index is 490. The third kappa shape index (κ3) is 2.80. The van der Waals surface area contributed by atoms with Crippen molar-refractivity contribution in [2.75, 3.05) is 13.2 Å². The first-order valence-electron chi connectivity index (χ1n) is 6.03. The van der Waals surface area contributed by atoms with Crippen LogP contribution in [0.3, 0.4) is 0 Å². The summed E-state index contributed by atoms with van der Waals surface area (Å²) in [5.74, 6) is 0.980. The third-order valence-corrected chi connectivity index (χ3v) is 2.78. The molecule has 0 N–H and O–H groups in total. The highest BCUT2D eigenvalue weighted by atomic mass is 16.5. The number of ether oxygens (including phenoxy) is 2. The normalized spacial score (nSPS) is 15.3. The molecular formula is C14H15NO3. The highest BCUT2D eigenvalue weighted by Gasteiger charge is 2.15. The van der Waals surface area contributed by atoms with E-state index in [4.69, 9.17) is 14.7 Å². The van der Waals surface area contributed by atoms with E-state index in [1.54, 1.807) is 25.1 Å². The first kappa shape index (κ1) is 12.4. The molecule has 94 valence electrons. The van der Waals surface area contributed by atoms with Gasteiger partial charge in [0.05, 0.1) is 25.2 Å². The first-order valence-corrected chi connectivity index (χ1v) is 6.03.